The zero-order valence-corrected chi connectivity index (χ0v) is 18.2. The molecule has 31 heavy (non-hydrogen) atoms. The second kappa shape index (κ2) is 9.42. The van der Waals surface area contributed by atoms with Crippen molar-refractivity contribution in [3.8, 4) is 0 Å². The fourth-order valence-electron chi connectivity index (χ4n) is 2.96. The Bertz CT molecular complexity index is 1300. The number of aryl methyl sites for hydroxylation is 1. The van der Waals surface area contributed by atoms with Crippen LogP contribution in [0.4, 0.5) is 0 Å². The average Bonchev–Trinajstić information content (AvgIpc) is 3.12. The van der Waals surface area contributed by atoms with Gasteiger partial charge < -0.3 is 5.11 Å². The first kappa shape index (κ1) is 21.2. The Morgan fingerprint density at radius 3 is 2.90 bits per heavy atom. The molecule has 0 bridgehead atoms. The molecule has 8 nitrogen and oxygen atoms in total. The van der Waals surface area contributed by atoms with Crippen molar-refractivity contribution in [2.45, 2.75) is 24.7 Å². The molecule has 0 amide bonds. The van der Waals surface area contributed by atoms with Crippen LogP contribution in [0.5, 0.6) is 0 Å². The second-order valence-electron chi connectivity index (χ2n) is 6.83. The first-order chi connectivity index (χ1) is 15.0. The van der Waals surface area contributed by atoms with Crippen molar-refractivity contribution in [3.05, 3.63) is 81.6 Å². The van der Waals surface area contributed by atoms with E-state index >= 15 is 0 Å². The maximum Gasteiger partial charge on any atom is 0.261 e. The maximum atomic E-state index is 12.6. The van der Waals surface area contributed by atoms with Crippen molar-refractivity contribution in [2.24, 2.45) is 5.10 Å². The molecule has 1 atom stereocenters. The van der Waals surface area contributed by atoms with E-state index in [1.165, 1.54) is 22.7 Å². The first-order valence-electron chi connectivity index (χ1n) is 9.48. The van der Waals surface area contributed by atoms with Crippen LogP contribution in [0.1, 0.15) is 11.4 Å². The molecule has 0 radical (unpaired) electrons. The highest BCUT2D eigenvalue weighted by Crippen LogP contribution is 2.18. The Hall–Kier alpha value is -3.01. The molecule has 4 rings (SSSR count). The van der Waals surface area contributed by atoms with Gasteiger partial charge in [-0.25, -0.2) is 4.98 Å². The van der Waals surface area contributed by atoms with Crippen LogP contribution in [0, 0.1) is 6.92 Å². The fraction of sp³-hybridized carbons (Fsp3) is 0.190. The number of nitrogens with zero attached hydrogens (tertiary/aromatic N) is 6. The molecule has 2 heterocycles. The summed E-state index contributed by atoms with van der Waals surface area (Å²) < 4.78 is 3.02. The lowest BCUT2D eigenvalue weighted by atomic mass is 10.2. The van der Waals surface area contributed by atoms with E-state index in [-0.39, 0.29) is 12.1 Å². The van der Waals surface area contributed by atoms with Gasteiger partial charge in [0.15, 0.2) is 5.82 Å². The van der Waals surface area contributed by atoms with E-state index in [0.29, 0.717) is 32.7 Å². The van der Waals surface area contributed by atoms with Crippen LogP contribution >= 0.6 is 23.4 Å². The van der Waals surface area contributed by atoms with Gasteiger partial charge in [0, 0.05) is 10.8 Å². The van der Waals surface area contributed by atoms with Gasteiger partial charge in [-0.1, -0.05) is 47.6 Å². The lowest BCUT2D eigenvalue weighted by Crippen LogP contribution is -2.28. The molecular formula is C21H19ClN6O2S. The smallest absolute Gasteiger partial charge is 0.261 e. The zero-order chi connectivity index (χ0) is 21.8. The predicted octanol–water partition coefficient (Wildman–Crippen LogP) is 2.99. The number of fused-ring (bicyclic) bond motifs is 1. The summed E-state index contributed by atoms with van der Waals surface area (Å²) in [5.74, 6) is 0.926. The van der Waals surface area contributed by atoms with Crippen LogP contribution in [-0.4, -0.2) is 47.6 Å². The number of aromatic nitrogens is 5. The van der Waals surface area contributed by atoms with Crippen molar-refractivity contribution < 1.29 is 5.11 Å². The molecule has 0 spiro atoms. The van der Waals surface area contributed by atoms with E-state index < -0.39 is 6.10 Å². The lowest BCUT2D eigenvalue weighted by molar-refractivity contribution is 0.176. The lowest BCUT2D eigenvalue weighted by Gasteiger charge is -2.12. The second-order valence-corrected chi connectivity index (χ2v) is 8.25. The van der Waals surface area contributed by atoms with Crippen LogP contribution < -0.4 is 5.56 Å². The van der Waals surface area contributed by atoms with Crippen LogP contribution in [0.15, 0.2) is 69.9 Å². The summed E-state index contributed by atoms with van der Waals surface area (Å²) in [6, 6.07) is 14.5. The highest BCUT2D eigenvalue weighted by molar-refractivity contribution is 7.99. The van der Waals surface area contributed by atoms with Crippen molar-refractivity contribution >= 4 is 40.5 Å². The Morgan fingerprint density at radius 2 is 2.06 bits per heavy atom. The van der Waals surface area contributed by atoms with Gasteiger partial charge in [-0.15, -0.1) is 10.2 Å². The van der Waals surface area contributed by atoms with E-state index in [1.54, 1.807) is 48.1 Å². The summed E-state index contributed by atoms with van der Waals surface area (Å²) in [5, 5.41) is 24.8. The third-order valence-corrected chi connectivity index (χ3v) is 5.78. The molecule has 2 aromatic heterocycles. The molecule has 158 valence electrons. The molecular weight excluding hydrogens is 436 g/mol. The molecule has 1 unspecified atom stereocenters. The van der Waals surface area contributed by atoms with Crippen molar-refractivity contribution in [1.29, 1.82) is 0 Å². The Labute approximate surface area is 187 Å². The Kier molecular flexibility index (Phi) is 6.45. The number of aliphatic hydroxyl groups is 1. The molecule has 0 saturated heterocycles. The number of hydrogen-bond donors (Lipinski definition) is 1. The minimum absolute atomic E-state index is 0.128. The minimum Gasteiger partial charge on any atom is -0.390 e. The highest BCUT2D eigenvalue weighted by atomic mass is 35.5. The quantitative estimate of drug-likeness (QED) is 0.340. The van der Waals surface area contributed by atoms with Crippen molar-refractivity contribution in [2.75, 3.05) is 5.75 Å². The van der Waals surface area contributed by atoms with Crippen LogP contribution in [0.25, 0.3) is 10.9 Å². The van der Waals surface area contributed by atoms with Gasteiger partial charge in [0.05, 0.1) is 36.1 Å². The number of benzene rings is 2. The van der Waals surface area contributed by atoms with Crippen molar-refractivity contribution in [3.63, 3.8) is 0 Å². The van der Waals surface area contributed by atoms with E-state index in [4.69, 9.17) is 11.6 Å². The number of rotatable bonds is 7. The van der Waals surface area contributed by atoms with Gasteiger partial charge in [-0.3, -0.25) is 9.36 Å². The van der Waals surface area contributed by atoms with Gasteiger partial charge in [-0.2, -0.15) is 9.78 Å². The van der Waals surface area contributed by atoms with Gasteiger partial charge in [0.2, 0.25) is 5.16 Å². The summed E-state index contributed by atoms with van der Waals surface area (Å²) in [7, 11) is 0. The number of aliphatic hydroxyl groups excluding tert-OH is 1. The topological polar surface area (TPSA) is 98.2 Å². The number of thioether (sulfide) groups is 1. The summed E-state index contributed by atoms with van der Waals surface area (Å²) in [6.07, 6.45) is 2.34. The number of para-hydroxylation sites is 1. The first-order valence-corrected chi connectivity index (χ1v) is 10.8. The standard InChI is InChI=1S/C21H19ClN6O2S/c1-14-25-26-21(28(14)24-10-15-5-4-6-16(22)9-15)31-12-17(29)11-27-13-23-19-8-3-2-7-18(19)20(27)30/h2-10,13,17,29H,11-12H2,1H3. The monoisotopic (exact) mass is 454 g/mol. The maximum absolute atomic E-state index is 12.6. The normalized spacial score (nSPS) is 12.6. The molecule has 10 heteroatoms. The largest absolute Gasteiger partial charge is 0.390 e. The molecule has 0 aliphatic rings. The summed E-state index contributed by atoms with van der Waals surface area (Å²) in [4.78, 5) is 16.9. The SMILES string of the molecule is Cc1nnc(SCC(O)Cn2cnc3ccccc3c2=O)n1N=Cc1cccc(Cl)c1. The van der Waals surface area contributed by atoms with E-state index in [1.807, 2.05) is 18.2 Å². The van der Waals surface area contributed by atoms with Gasteiger partial charge >= 0.3 is 0 Å². The predicted molar refractivity (Wildman–Crippen MR) is 122 cm³/mol. The van der Waals surface area contributed by atoms with Gasteiger partial charge in [-0.05, 0) is 36.8 Å². The molecule has 0 saturated carbocycles. The molecule has 4 aromatic rings. The van der Waals surface area contributed by atoms with Crippen LogP contribution in [0.2, 0.25) is 5.02 Å². The fourth-order valence-corrected chi connectivity index (χ4v) is 4.00. The van der Waals surface area contributed by atoms with Gasteiger partial charge in [0.25, 0.3) is 5.56 Å². The van der Waals surface area contributed by atoms with Crippen LogP contribution in [0.3, 0.4) is 0 Å². The van der Waals surface area contributed by atoms with Gasteiger partial charge in [0.1, 0.15) is 0 Å². The van der Waals surface area contributed by atoms with Crippen molar-refractivity contribution in [1.82, 2.24) is 24.4 Å². The van der Waals surface area contributed by atoms with E-state index in [0.717, 1.165) is 5.56 Å². The zero-order valence-electron chi connectivity index (χ0n) is 16.6. The summed E-state index contributed by atoms with van der Waals surface area (Å²) in [6.45, 7) is 1.92. The summed E-state index contributed by atoms with van der Waals surface area (Å²) >= 11 is 7.32. The molecule has 0 fully saturated rings. The van der Waals surface area contributed by atoms with Crippen LogP contribution in [-0.2, 0) is 6.54 Å². The molecule has 0 aliphatic heterocycles. The third-order valence-electron chi connectivity index (χ3n) is 4.48. The Morgan fingerprint density at radius 1 is 1.23 bits per heavy atom. The van der Waals surface area contributed by atoms with E-state index in [9.17, 15) is 9.90 Å². The average molecular weight is 455 g/mol. The number of hydrogen-bond acceptors (Lipinski definition) is 7. The summed E-state index contributed by atoms with van der Waals surface area (Å²) in [5.41, 5.74) is 1.30. The minimum atomic E-state index is -0.784. The Balaban J connectivity index is 1.44. The van der Waals surface area contributed by atoms with E-state index in [2.05, 4.69) is 20.3 Å². The molecule has 0 aliphatic carbocycles. The molecule has 2 aromatic carbocycles. The number of halogens is 1. The highest BCUT2D eigenvalue weighted by Gasteiger charge is 2.14. The third kappa shape index (κ3) is 5.01. The molecule has 1 N–H and O–H groups in total.